The Kier molecular flexibility index (Phi) is 3.57. The molecule has 1 N–H and O–H groups in total. The van der Waals surface area contributed by atoms with E-state index in [2.05, 4.69) is 4.52 Å². The lowest BCUT2D eigenvalue weighted by molar-refractivity contribution is -0.110. The van der Waals surface area contributed by atoms with Gasteiger partial charge in [0.2, 0.25) is 0 Å². The van der Waals surface area contributed by atoms with Crippen LogP contribution in [0.1, 0.15) is 6.92 Å². The average Bonchev–Trinajstić information content (AvgIpc) is 1.67. The third-order valence-corrected chi connectivity index (χ3v) is 1.32. The molecule has 0 spiro atoms. The van der Waals surface area contributed by atoms with Crippen molar-refractivity contribution in [2.24, 2.45) is 0 Å². The molecule has 46 valence electrons. The van der Waals surface area contributed by atoms with Gasteiger partial charge in [0.15, 0.2) is 5.78 Å². The van der Waals surface area contributed by atoms with Gasteiger partial charge in [-0.2, -0.15) is 0 Å². The second kappa shape index (κ2) is 3.70. The molecule has 0 bridgehead atoms. The number of ketones is 1. The van der Waals surface area contributed by atoms with E-state index in [0.29, 0.717) is 0 Å². The average molecular weight is 133 g/mol. The highest BCUT2D eigenvalue weighted by Gasteiger charge is 1.99. The topological polar surface area (TPSA) is 50.1 Å². The van der Waals surface area contributed by atoms with Gasteiger partial charge in [-0.3, -0.25) is 10.2 Å². The number of hydrogen-bond acceptors (Lipinski definition) is 3. The first-order valence-electron chi connectivity index (χ1n) is 2.07. The molecule has 8 heavy (non-hydrogen) atoms. The Morgan fingerprint density at radius 1 is 1.75 bits per heavy atom. The molecule has 0 amide bonds. The Hall–Kier alpha value is -0.270. The van der Waals surface area contributed by atoms with Crippen molar-refractivity contribution in [3.63, 3.8) is 0 Å². The zero-order valence-corrected chi connectivity index (χ0v) is 5.82. The molecular weight excluding hydrogens is 125 g/mol. The van der Waals surface area contributed by atoms with E-state index in [0.717, 1.165) is 0 Å². The second-order valence-electron chi connectivity index (χ2n) is 1.24. The standard InChI is InChI=1S/C4H8NO2P/c1-3(6)4(5)8-7-2/h5,8H,1-2H3. The first-order valence-corrected chi connectivity index (χ1v) is 2.97. The number of carbonyl (C=O) groups excluding carboxylic acids is 1. The first kappa shape index (κ1) is 7.73. The number of nitrogens with one attached hydrogen (secondary N) is 1. The highest BCUT2D eigenvalue weighted by atomic mass is 31.1. The van der Waals surface area contributed by atoms with E-state index in [1.54, 1.807) is 0 Å². The third-order valence-electron chi connectivity index (χ3n) is 0.556. The molecule has 0 aromatic carbocycles. The Balaban J connectivity index is 3.49. The van der Waals surface area contributed by atoms with Crippen LogP contribution in [0.2, 0.25) is 0 Å². The van der Waals surface area contributed by atoms with Crippen LogP contribution in [0.4, 0.5) is 0 Å². The van der Waals surface area contributed by atoms with E-state index >= 15 is 0 Å². The second-order valence-corrected chi connectivity index (χ2v) is 2.35. The summed E-state index contributed by atoms with van der Waals surface area (Å²) in [5.74, 6) is -0.217. The Labute approximate surface area is 49.8 Å². The lowest BCUT2D eigenvalue weighted by atomic mass is 10.5. The number of rotatable bonds is 3. The molecule has 0 aliphatic heterocycles. The van der Waals surface area contributed by atoms with Crippen LogP contribution in [0.15, 0.2) is 0 Å². The summed E-state index contributed by atoms with van der Waals surface area (Å²) >= 11 is 0. The molecule has 1 atom stereocenters. The van der Waals surface area contributed by atoms with Crippen LogP contribution in [0, 0.1) is 5.41 Å². The van der Waals surface area contributed by atoms with Gasteiger partial charge in [-0.05, 0) is 0 Å². The van der Waals surface area contributed by atoms with Gasteiger partial charge in [0.25, 0.3) is 0 Å². The molecule has 0 saturated heterocycles. The highest BCUT2D eigenvalue weighted by Crippen LogP contribution is 2.10. The molecule has 0 aliphatic rings. The Morgan fingerprint density at radius 3 is 2.38 bits per heavy atom. The maximum Gasteiger partial charge on any atom is 0.179 e. The number of hydrogen-bond donors (Lipinski definition) is 1. The largest absolute Gasteiger partial charge is 0.359 e. The van der Waals surface area contributed by atoms with Crippen molar-refractivity contribution in [3.8, 4) is 0 Å². The van der Waals surface area contributed by atoms with Crippen LogP contribution in [-0.4, -0.2) is 18.3 Å². The summed E-state index contributed by atoms with van der Waals surface area (Å²) in [6, 6.07) is 0. The molecular formula is C4H8NO2P. The zero-order chi connectivity index (χ0) is 6.57. The minimum Gasteiger partial charge on any atom is -0.359 e. The van der Waals surface area contributed by atoms with Crippen LogP contribution in [0.5, 0.6) is 0 Å². The zero-order valence-electron chi connectivity index (χ0n) is 4.82. The Morgan fingerprint density at radius 2 is 2.25 bits per heavy atom. The van der Waals surface area contributed by atoms with E-state index in [1.807, 2.05) is 0 Å². The fourth-order valence-electron chi connectivity index (χ4n) is 0.174. The molecule has 0 aromatic heterocycles. The van der Waals surface area contributed by atoms with Gasteiger partial charge in [-0.15, -0.1) is 0 Å². The van der Waals surface area contributed by atoms with Gasteiger partial charge in [0, 0.05) is 14.0 Å². The molecule has 1 unspecified atom stereocenters. The van der Waals surface area contributed by atoms with Gasteiger partial charge < -0.3 is 4.52 Å². The SMILES string of the molecule is COPC(=N)C(C)=O. The monoisotopic (exact) mass is 133 g/mol. The minimum atomic E-state index is -0.217. The summed E-state index contributed by atoms with van der Waals surface area (Å²) in [7, 11) is 1.37. The first-order chi connectivity index (χ1) is 3.68. The van der Waals surface area contributed by atoms with Gasteiger partial charge in [0.1, 0.15) is 5.45 Å². The van der Waals surface area contributed by atoms with Gasteiger partial charge in [-0.25, -0.2) is 0 Å². The van der Waals surface area contributed by atoms with Crippen molar-refractivity contribution < 1.29 is 9.32 Å². The molecule has 0 rings (SSSR count). The van der Waals surface area contributed by atoms with E-state index in [1.165, 1.54) is 14.0 Å². The van der Waals surface area contributed by atoms with Crippen molar-refractivity contribution in [1.29, 1.82) is 5.41 Å². The van der Waals surface area contributed by atoms with Crippen LogP contribution >= 0.6 is 8.81 Å². The third kappa shape index (κ3) is 2.83. The normalized spacial score (nSPS) is 10.2. The maximum atomic E-state index is 10.2. The van der Waals surface area contributed by atoms with Crippen LogP contribution in [-0.2, 0) is 9.32 Å². The molecule has 3 nitrogen and oxygen atoms in total. The lowest BCUT2D eigenvalue weighted by Gasteiger charge is -1.92. The van der Waals surface area contributed by atoms with Gasteiger partial charge in [-0.1, -0.05) is 0 Å². The molecule has 0 aliphatic carbocycles. The molecule has 0 aromatic rings. The van der Waals surface area contributed by atoms with Crippen LogP contribution in [0.3, 0.4) is 0 Å². The van der Waals surface area contributed by atoms with Crippen LogP contribution < -0.4 is 0 Å². The molecule has 0 saturated carbocycles. The smallest absolute Gasteiger partial charge is 0.179 e. The van der Waals surface area contributed by atoms with E-state index in [4.69, 9.17) is 5.41 Å². The van der Waals surface area contributed by atoms with Crippen LogP contribution in [0.25, 0.3) is 0 Å². The quantitative estimate of drug-likeness (QED) is 0.457. The fourth-order valence-corrected chi connectivity index (χ4v) is 0.522. The minimum absolute atomic E-state index is 0.0486. The summed E-state index contributed by atoms with van der Waals surface area (Å²) in [5, 5.41) is 6.88. The van der Waals surface area contributed by atoms with Gasteiger partial charge >= 0.3 is 0 Å². The summed E-state index contributed by atoms with van der Waals surface area (Å²) in [6.45, 7) is 1.36. The van der Waals surface area contributed by atoms with E-state index in [-0.39, 0.29) is 20.0 Å². The molecule has 0 fully saturated rings. The predicted molar refractivity (Wildman–Crippen MR) is 33.7 cm³/mol. The molecule has 4 heteroatoms. The van der Waals surface area contributed by atoms with E-state index < -0.39 is 0 Å². The van der Waals surface area contributed by atoms with Crippen molar-refractivity contribution in [3.05, 3.63) is 0 Å². The summed E-state index contributed by atoms with van der Waals surface area (Å²) in [5.41, 5.74) is 0.0486. The molecule has 0 radical (unpaired) electrons. The molecule has 0 heterocycles. The van der Waals surface area contributed by atoms with Crippen molar-refractivity contribution in [2.75, 3.05) is 7.11 Å². The van der Waals surface area contributed by atoms with E-state index in [9.17, 15) is 4.79 Å². The highest BCUT2D eigenvalue weighted by molar-refractivity contribution is 7.57. The van der Waals surface area contributed by atoms with Crippen molar-refractivity contribution >= 4 is 20.0 Å². The fraction of sp³-hybridized carbons (Fsp3) is 0.500. The van der Waals surface area contributed by atoms with Crippen molar-refractivity contribution in [2.45, 2.75) is 6.92 Å². The maximum absolute atomic E-state index is 10.2. The van der Waals surface area contributed by atoms with Crippen molar-refractivity contribution in [1.82, 2.24) is 0 Å². The van der Waals surface area contributed by atoms with Gasteiger partial charge in [0.05, 0.1) is 8.81 Å². The summed E-state index contributed by atoms with van der Waals surface area (Å²) in [4.78, 5) is 10.2. The predicted octanol–water partition coefficient (Wildman–Crippen LogP) is 0.793. The Bertz CT molecular complexity index is 113. The number of carbonyl (C=O) groups is 1. The number of Topliss-reactive ketones (excluding diaryl/α,β-unsaturated/α-hetero) is 1. The lowest BCUT2D eigenvalue weighted by Crippen LogP contribution is -2.00. The summed E-state index contributed by atoms with van der Waals surface area (Å²) in [6.07, 6.45) is 0. The summed E-state index contributed by atoms with van der Waals surface area (Å²) < 4.78 is 4.55.